The molecule has 4 N–H and O–H groups in total. The van der Waals surface area contributed by atoms with E-state index in [9.17, 15) is 9.59 Å². The molecule has 0 saturated carbocycles. The van der Waals surface area contributed by atoms with Crippen molar-refractivity contribution in [1.29, 1.82) is 0 Å². The van der Waals surface area contributed by atoms with Crippen LogP contribution in [0.2, 0.25) is 0 Å². The lowest BCUT2D eigenvalue weighted by Gasteiger charge is -2.09. The van der Waals surface area contributed by atoms with E-state index in [0.29, 0.717) is 13.1 Å². The molecule has 0 heterocycles. The second-order valence-electron chi connectivity index (χ2n) is 3.53. The van der Waals surface area contributed by atoms with Gasteiger partial charge in [0.05, 0.1) is 6.04 Å². The molecule has 5 nitrogen and oxygen atoms in total. The predicted octanol–water partition coefficient (Wildman–Crippen LogP) is -0.778. The van der Waals surface area contributed by atoms with Gasteiger partial charge in [0.2, 0.25) is 11.8 Å². The second kappa shape index (κ2) is 6.37. The van der Waals surface area contributed by atoms with Crippen LogP contribution in [0.25, 0.3) is 0 Å². The van der Waals surface area contributed by atoms with Crippen molar-refractivity contribution in [3.8, 4) is 0 Å². The number of carbonyl (C=O) groups excluding carboxylic acids is 2. The molecular formula is C9H19N3O2. The van der Waals surface area contributed by atoms with Gasteiger partial charge in [0.25, 0.3) is 0 Å². The minimum absolute atomic E-state index is 0.0138. The molecule has 0 saturated heterocycles. The maximum absolute atomic E-state index is 11.1. The highest BCUT2D eigenvalue weighted by molar-refractivity contribution is 5.81. The Hall–Kier alpha value is -1.10. The fourth-order valence-electron chi connectivity index (χ4n) is 0.737. The maximum Gasteiger partial charge on any atom is 0.236 e. The third-order valence-corrected chi connectivity index (χ3v) is 1.66. The Balaban J connectivity index is 3.48. The van der Waals surface area contributed by atoms with Gasteiger partial charge < -0.3 is 16.4 Å². The Morgan fingerprint density at radius 2 is 1.50 bits per heavy atom. The van der Waals surface area contributed by atoms with E-state index >= 15 is 0 Å². The third-order valence-electron chi connectivity index (χ3n) is 1.66. The van der Waals surface area contributed by atoms with Crippen molar-refractivity contribution in [1.82, 2.24) is 10.6 Å². The number of nitrogens with two attached hydrogens (primary N) is 1. The summed E-state index contributed by atoms with van der Waals surface area (Å²) in [6.07, 6.45) is 0. The Kier molecular flexibility index (Phi) is 5.87. The van der Waals surface area contributed by atoms with E-state index in [1.54, 1.807) is 6.92 Å². The van der Waals surface area contributed by atoms with Crippen LogP contribution in [-0.4, -0.2) is 30.9 Å². The lowest BCUT2D eigenvalue weighted by molar-refractivity contribution is -0.125. The Bertz CT molecular complexity index is 180. The summed E-state index contributed by atoms with van der Waals surface area (Å²) in [6.45, 7) is 6.10. The van der Waals surface area contributed by atoms with Crippen LogP contribution in [0.3, 0.4) is 0 Å². The lowest BCUT2D eigenvalue weighted by Crippen LogP contribution is -2.42. The molecule has 0 aromatic rings. The molecule has 0 aliphatic carbocycles. The van der Waals surface area contributed by atoms with Crippen molar-refractivity contribution < 1.29 is 9.59 Å². The van der Waals surface area contributed by atoms with E-state index in [1.165, 1.54) is 0 Å². The molecule has 82 valence electrons. The first kappa shape index (κ1) is 12.9. The van der Waals surface area contributed by atoms with Crippen LogP contribution in [0.1, 0.15) is 20.8 Å². The van der Waals surface area contributed by atoms with Gasteiger partial charge in [-0.1, -0.05) is 13.8 Å². The highest BCUT2D eigenvalue weighted by Crippen LogP contribution is 1.88. The summed E-state index contributed by atoms with van der Waals surface area (Å²) in [5, 5.41) is 5.28. The van der Waals surface area contributed by atoms with Crippen molar-refractivity contribution in [2.45, 2.75) is 26.8 Å². The number of carbonyl (C=O) groups is 2. The standard InChI is InChI=1S/C9H19N3O2/c1-6(2)8(13)11-4-5-12-9(14)7(3)10/h6-7H,4-5,10H2,1-3H3,(H,11,13)(H,12,14)/t7-/m0/s1. The molecule has 0 aromatic carbocycles. The molecular weight excluding hydrogens is 182 g/mol. The molecule has 0 aliphatic heterocycles. The minimum atomic E-state index is -0.504. The largest absolute Gasteiger partial charge is 0.354 e. The van der Waals surface area contributed by atoms with Crippen LogP contribution in [0.4, 0.5) is 0 Å². The zero-order valence-electron chi connectivity index (χ0n) is 8.96. The van der Waals surface area contributed by atoms with Crippen LogP contribution < -0.4 is 16.4 Å². The molecule has 5 heteroatoms. The van der Waals surface area contributed by atoms with Gasteiger partial charge in [-0.25, -0.2) is 0 Å². The molecule has 0 radical (unpaired) electrons. The van der Waals surface area contributed by atoms with Crippen molar-refractivity contribution in [2.24, 2.45) is 11.7 Å². The fourth-order valence-corrected chi connectivity index (χ4v) is 0.737. The topological polar surface area (TPSA) is 84.2 Å². The Morgan fingerprint density at radius 3 is 1.86 bits per heavy atom. The van der Waals surface area contributed by atoms with Crippen LogP contribution in [0.15, 0.2) is 0 Å². The van der Waals surface area contributed by atoms with Crippen LogP contribution in [0, 0.1) is 5.92 Å². The molecule has 0 fully saturated rings. The first-order valence-electron chi connectivity index (χ1n) is 4.76. The summed E-state index contributed by atoms with van der Waals surface area (Å²) in [6, 6.07) is -0.504. The summed E-state index contributed by atoms with van der Waals surface area (Å²) < 4.78 is 0. The first-order chi connectivity index (χ1) is 6.45. The minimum Gasteiger partial charge on any atom is -0.354 e. The molecule has 0 rings (SSSR count). The predicted molar refractivity (Wildman–Crippen MR) is 54.5 cm³/mol. The van der Waals surface area contributed by atoms with E-state index < -0.39 is 6.04 Å². The van der Waals surface area contributed by atoms with Crippen molar-refractivity contribution in [3.05, 3.63) is 0 Å². The van der Waals surface area contributed by atoms with Crippen molar-refractivity contribution in [3.63, 3.8) is 0 Å². The number of rotatable bonds is 5. The lowest BCUT2D eigenvalue weighted by atomic mass is 10.2. The highest BCUT2D eigenvalue weighted by atomic mass is 16.2. The van der Waals surface area contributed by atoms with Crippen molar-refractivity contribution >= 4 is 11.8 Å². The first-order valence-corrected chi connectivity index (χ1v) is 4.76. The van der Waals surface area contributed by atoms with Gasteiger partial charge in [0.1, 0.15) is 0 Å². The average molecular weight is 201 g/mol. The Morgan fingerprint density at radius 1 is 1.07 bits per heavy atom. The molecule has 0 spiro atoms. The van der Waals surface area contributed by atoms with Crippen molar-refractivity contribution in [2.75, 3.05) is 13.1 Å². The smallest absolute Gasteiger partial charge is 0.236 e. The van der Waals surface area contributed by atoms with Gasteiger partial charge in [0.15, 0.2) is 0 Å². The fraction of sp³-hybridized carbons (Fsp3) is 0.778. The number of hydrogen-bond acceptors (Lipinski definition) is 3. The zero-order valence-corrected chi connectivity index (χ0v) is 8.96. The van der Waals surface area contributed by atoms with E-state index in [0.717, 1.165) is 0 Å². The number of hydrogen-bond donors (Lipinski definition) is 3. The molecule has 0 bridgehead atoms. The van der Waals surface area contributed by atoms with E-state index in [4.69, 9.17) is 5.73 Å². The molecule has 2 amide bonds. The van der Waals surface area contributed by atoms with Gasteiger partial charge in [-0.05, 0) is 6.92 Å². The Labute approximate surface area is 84.4 Å². The van der Waals surface area contributed by atoms with Gasteiger partial charge in [-0.15, -0.1) is 0 Å². The summed E-state index contributed by atoms with van der Waals surface area (Å²) in [5.41, 5.74) is 5.33. The SMILES string of the molecule is CC(C)C(=O)NCCNC(=O)[C@H](C)N. The number of nitrogens with one attached hydrogen (secondary N) is 2. The van der Waals surface area contributed by atoms with Gasteiger partial charge in [-0.2, -0.15) is 0 Å². The van der Waals surface area contributed by atoms with E-state index in [2.05, 4.69) is 10.6 Å². The quantitative estimate of drug-likeness (QED) is 0.510. The van der Waals surface area contributed by atoms with Gasteiger partial charge >= 0.3 is 0 Å². The maximum atomic E-state index is 11.1. The average Bonchev–Trinajstić information content (AvgIpc) is 2.11. The normalized spacial score (nSPS) is 12.4. The third kappa shape index (κ3) is 5.53. The molecule has 0 aromatic heterocycles. The molecule has 1 atom stereocenters. The van der Waals surface area contributed by atoms with Crippen LogP contribution in [-0.2, 0) is 9.59 Å². The number of amides is 2. The molecule has 14 heavy (non-hydrogen) atoms. The monoisotopic (exact) mass is 201 g/mol. The molecule has 0 aliphatic rings. The van der Waals surface area contributed by atoms with Gasteiger partial charge in [0, 0.05) is 19.0 Å². The summed E-state index contributed by atoms with van der Waals surface area (Å²) in [5.74, 6) is -0.247. The van der Waals surface area contributed by atoms with Crippen LogP contribution >= 0.6 is 0 Å². The van der Waals surface area contributed by atoms with E-state index in [1.807, 2.05) is 13.8 Å². The van der Waals surface area contributed by atoms with Gasteiger partial charge in [-0.3, -0.25) is 9.59 Å². The second-order valence-corrected chi connectivity index (χ2v) is 3.53. The van der Waals surface area contributed by atoms with Crippen LogP contribution in [0.5, 0.6) is 0 Å². The summed E-state index contributed by atoms with van der Waals surface area (Å²) in [4.78, 5) is 22.0. The highest BCUT2D eigenvalue weighted by Gasteiger charge is 2.07. The summed E-state index contributed by atoms with van der Waals surface area (Å²) >= 11 is 0. The van der Waals surface area contributed by atoms with E-state index in [-0.39, 0.29) is 17.7 Å². The summed E-state index contributed by atoms with van der Waals surface area (Å²) in [7, 11) is 0. The zero-order chi connectivity index (χ0) is 11.1. The molecule has 0 unspecified atom stereocenters.